The molecule has 2 aromatic carbocycles. The van der Waals surface area contributed by atoms with E-state index in [0.29, 0.717) is 17.9 Å². The van der Waals surface area contributed by atoms with E-state index in [9.17, 15) is 18.0 Å². The molecule has 3 nitrogen and oxygen atoms in total. The molecule has 0 aliphatic rings. The van der Waals surface area contributed by atoms with Gasteiger partial charge in [0, 0.05) is 18.3 Å². The van der Waals surface area contributed by atoms with Crippen molar-refractivity contribution in [1.82, 2.24) is 4.98 Å². The number of anilines is 1. The lowest BCUT2D eigenvalue weighted by molar-refractivity contribution is -0.137. The monoisotopic (exact) mass is 478 g/mol. The molecule has 1 N–H and O–H groups in total. The molecule has 0 amide bonds. The van der Waals surface area contributed by atoms with E-state index in [1.807, 2.05) is 44.2 Å². The number of carbonyl (C=O) groups excluding carboxylic acids is 1. The molecular weight excluding hydrogens is 457 g/mol. The summed E-state index contributed by atoms with van der Waals surface area (Å²) in [5, 5.41) is 3.17. The zero-order valence-electron chi connectivity index (χ0n) is 16.6. The van der Waals surface area contributed by atoms with Crippen LogP contribution in [0, 0.1) is 0 Å². The molecule has 0 radical (unpaired) electrons. The summed E-state index contributed by atoms with van der Waals surface area (Å²) in [4.78, 5) is 16.1. The Morgan fingerprint density at radius 1 is 1.03 bits per heavy atom. The molecule has 158 valence electrons. The average Bonchev–Trinajstić information content (AvgIpc) is 2.78. The molecule has 1 unspecified atom stereocenters. The maximum atomic E-state index is 12.9. The molecule has 0 fully saturated rings. The summed E-state index contributed by atoms with van der Waals surface area (Å²) in [5.74, 6) is 0.119. The normalized spacial score (nSPS) is 11.8. The van der Waals surface area contributed by atoms with Crippen molar-refractivity contribution in [1.29, 1.82) is 0 Å². The van der Waals surface area contributed by atoms with Gasteiger partial charge in [0.05, 0.1) is 5.56 Å². The highest BCUT2D eigenvalue weighted by Crippen LogP contribution is 2.32. The molecule has 0 saturated heterocycles. The summed E-state index contributed by atoms with van der Waals surface area (Å²) in [5.41, 5.74) is 0.823. The summed E-state index contributed by atoms with van der Waals surface area (Å²) in [6, 6.07) is 17.5. The van der Waals surface area contributed by atoms with Crippen LogP contribution in [-0.2, 0) is 12.7 Å². The third-order valence-corrected chi connectivity index (χ3v) is 5.04. The van der Waals surface area contributed by atoms with E-state index in [-0.39, 0.29) is 5.56 Å². The van der Waals surface area contributed by atoms with E-state index in [1.54, 1.807) is 18.3 Å². The third kappa shape index (κ3) is 6.42. The second kappa shape index (κ2) is 10.9. The lowest BCUT2D eigenvalue weighted by Crippen LogP contribution is -2.11. The summed E-state index contributed by atoms with van der Waals surface area (Å²) >= 11 is 3.31. The summed E-state index contributed by atoms with van der Waals surface area (Å²) in [6.45, 7) is 4.56. The number of ketones is 1. The van der Waals surface area contributed by atoms with E-state index in [0.717, 1.165) is 17.7 Å². The van der Waals surface area contributed by atoms with Crippen LogP contribution in [0.5, 0.6) is 0 Å². The molecule has 0 saturated carbocycles. The van der Waals surface area contributed by atoms with Crippen molar-refractivity contribution in [2.75, 3.05) is 5.32 Å². The van der Waals surface area contributed by atoms with Gasteiger partial charge < -0.3 is 5.32 Å². The highest BCUT2D eigenvalue weighted by atomic mass is 79.9. The topological polar surface area (TPSA) is 42.0 Å². The third-order valence-electron chi connectivity index (χ3n) is 4.10. The predicted octanol–water partition coefficient (Wildman–Crippen LogP) is 7.06. The van der Waals surface area contributed by atoms with Gasteiger partial charge >= 0.3 is 6.18 Å². The van der Waals surface area contributed by atoms with E-state index in [4.69, 9.17) is 0 Å². The second-order valence-electron chi connectivity index (χ2n) is 6.12. The molecular formula is C23H22BrF3N2O. The van der Waals surface area contributed by atoms with Gasteiger partial charge in [-0.15, -0.1) is 0 Å². The Bertz CT molecular complexity index is 962. The number of benzene rings is 2. The minimum absolute atomic E-state index is 0.00712. The number of hydrogen-bond acceptors (Lipinski definition) is 3. The quantitative estimate of drug-likeness (QED) is 0.304. The predicted molar refractivity (Wildman–Crippen MR) is 117 cm³/mol. The van der Waals surface area contributed by atoms with Crippen molar-refractivity contribution >= 4 is 27.5 Å². The summed E-state index contributed by atoms with van der Waals surface area (Å²) in [6.07, 6.45) is -2.94. The first kappa shape index (κ1) is 23.6. The van der Waals surface area contributed by atoms with Gasteiger partial charge in [-0.2, -0.15) is 13.2 Å². The largest absolute Gasteiger partial charge is 0.416 e. The van der Waals surface area contributed by atoms with Crippen molar-refractivity contribution < 1.29 is 18.0 Å². The maximum absolute atomic E-state index is 12.9. The maximum Gasteiger partial charge on any atom is 0.416 e. The lowest BCUT2D eigenvalue weighted by atomic mass is 10.0. The first-order valence-corrected chi connectivity index (χ1v) is 10.4. The highest BCUT2D eigenvalue weighted by Gasteiger charge is 2.31. The molecule has 30 heavy (non-hydrogen) atoms. The van der Waals surface area contributed by atoms with E-state index in [1.165, 1.54) is 12.1 Å². The Kier molecular flexibility index (Phi) is 8.59. The molecule has 3 aromatic rings. The fourth-order valence-corrected chi connectivity index (χ4v) is 3.19. The first-order valence-electron chi connectivity index (χ1n) is 9.44. The van der Waals surface area contributed by atoms with Gasteiger partial charge in [0.2, 0.25) is 0 Å². The molecule has 0 spiro atoms. The minimum Gasteiger partial charge on any atom is -0.366 e. The van der Waals surface area contributed by atoms with Crippen LogP contribution < -0.4 is 5.32 Å². The van der Waals surface area contributed by atoms with Crippen LogP contribution in [0.4, 0.5) is 19.0 Å². The Labute approximate surface area is 182 Å². The fraction of sp³-hybridized carbons (Fsp3) is 0.217. The van der Waals surface area contributed by atoms with Crippen LogP contribution in [0.3, 0.4) is 0 Å². The summed E-state index contributed by atoms with van der Waals surface area (Å²) in [7, 11) is 0. The number of halogens is 4. The number of carbonyl (C=O) groups is 1. The van der Waals surface area contributed by atoms with Gasteiger partial charge in [-0.1, -0.05) is 72.2 Å². The van der Waals surface area contributed by atoms with Crippen molar-refractivity contribution in [3.05, 3.63) is 95.2 Å². The Morgan fingerprint density at radius 2 is 1.73 bits per heavy atom. The molecule has 0 aliphatic heterocycles. The van der Waals surface area contributed by atoms with Crippen molar-refractivity contribution in [2.45, 2.75) is 31.4 Å². The molecule has 7 heteroatoms. The Hall–Kier alpha value is -2.67. The van der Waals surface area contributed by atoms with E-state index in [2.05, 4.69) is 26.2 Å². The average molecular weight is 479 g/mol. The van der Waals surface area contributed by atoms with Gasteiger partial charge in [0.15, 0.2) is 5.78 Å². The zero-order valence-corrected chi connectivity index (χ0v) is 18.2. The van der Waals surface area contributed by atoms with E-state index >= 15 is 0 Å². The van der Waals surface area contributed by atoms with Gasteiger partial charge in [0.1, 0.15) is 10.6 Å². The van der Waals surface area contributed by atoms with Crippen molar-refractivity contribution in [3.63, 3.8) is 0 Å². The van der Waals surface area contributed by atoms with Gasteiger partial charge in [-0.05, 0) is 35.4 Å². The van der Waals surface area contributed by atoms with Crippen LogP contribution in [0.15, 0.2) is 72.9 Å². The standard InChI is InChI=1S/C21H16BrF3N2O.C2H6/c22-19(20(28)16-7-4-8-17(11-16)21(23,24)25)15-9-10-26-18(12-15)27-13-14-5-2-1-3-6-14;1-2/h1-12,19H,13H2,(H,26,27);1-2H3. The van der Waals surface area contributed by atoms with Crippen LogP contribution in [-0.4, -0.2) is 10.8 Å². The van der Waals surface area contributed by atoms with Crippen LogP contribution in [0.25, 0.3) is 0 Å². The molecule has 1 aromatic heterocycles. The van der Waals surface area contributed by atoms with Gasteiger partial charge in [-0.25, -0.2) is 4.98 Å². The van der Waals surface area contributed by atoms with Crippen LogP contribution >= 0.6 is 15.9 Å². The van der Waals surface area contributed by atoms with Crippen molar-refractivity contribution in [2.24, 2.45) is 0 Å². The van der Waals surface area contributed by atoms with Gasteiger partial charge in [-0.3, -0.25) is 4.79 Å². The molecule has 1 heterocycles. The molecule has 1 atom stereocenters. The SMILES string of the molecule is CC.O=C(c1cccc(C(F)(F)F)c1)C(Br)c1ccnc(NCc2ccccc2)c1. The number of hydrogen-bond donors (Lipinski definition) is 1. The molecule has 0 bridgehead atoms. The number of aromatic nitrogens is 1. The zero-order chi connectivity index (χ0) is 22.1. The Balaban J connectivity index is 0.00000155. The number of alkyl halides is 4. The molecule has 0 aliphatic carbocycles. The van der Waals surface area contributed by atoms with Crippen molar-refractivity contribution in [3.8, 4) is 0 Å². The smallest absolute Gasteiger partial charge is 0.366 e. The fourth-order valence-electron chi connectivity index (χ4n) is 2.64. The second-order valence-corrected chi connectivity index (χ2v) is 7.03. The van der Waals surface area contributed by atoms with Gasteiger partial charge in [0.25, 0.3) is 0 Å². The number of nitrogens with zero attached hydrogens (tertiary/aromatic N) is 1. The van der Waals surface area contributed by atoms with Crippen LogP contribution in [0.2, 0.25) is 0 Å². The number of nitrogens with one attached hydrogen (secondary N) is 1. The number of Topliss-reactive ketones (excluding diaryl/α,β-unsaturated/α-hetero) is 1. The Morgan fingerprint density at radius 3 is 2.40 bits per heavy atom. The highest BCUT2D eigenvalue weighted by molar-refractivity contribution is 9.09. The lowest BCUT2D eigenvalue weighted by Gasteiger charge is -2.13. The molecule has 3 rings (SSSR count). The van der Waals surface area contributed by atoms with E-state index < -0.39 is 22.4 Å². The van der Waals surface area contributed by atoms with Crippen LogP contribution in [0.1, 0.15) is 45.7 Å². The first-order chi connectivity index (χ1) is 14.3. The number of rotatable bonds is 6. The summed E-state index contributed by atoms with van der Waals surface area (Å²) < 4.78 is 38.7. The minimum atomic E-state index is -4.50. The number of pyridine rings is 1.